The van der Waals surface area contributed by atoms with E-state index in [9.17, 15) is 30.3 Å². The van der Waals surface area contributed by atoms with Crippen LogP contribution in [0.15, 0.2) is 36.4 Å². The molecule has 3 rings (SSSR count). The molecule has 2 aromatic carbocycles. The minimum absolute atomic E-state index is 0.0755. The van der Waals surface area contributed by atoms with Gasteiger partial charge < -0.3 is 49.2 Å². The summed E-state index contributed by atoms with van der Waals surface area (Å²) < 4.78 is 26.5. The van der Waals surface area contributed by atoms with Crippen LogP contribution in [0.3, 0.4) is 0 Å². The summed E-state index contributed by atoms with van der Waals surface area (Å²) >= 11 is 0. The second-order valence-corrected chi connectivity index (χ2v) is 7.26. The molecule has 33 heavy (non-hydrogen) atoms. The third-order valence-corrected chi connectivity index (χ3v) is 5.12. The average molecular weight is 466 g/mol. The quantitative estimate of drug-likeness (QED) is 0.331. The van der Waals surface area contributed by atoms with E-state index in [1.54, 1.807) is 6.07 Å². The molecule has 1 saturated heterocycles. The molecular formula is C22H26O11. The van der Waals surface area contributed by atoms with E-state index in [2.05, 4.69) is 0 Å². The van der Waals surface area contributed by atoms with Crippen LogP contribution in [0, 0.1) is 0 Å². The third kappa shape index (κ3) is 5.46. The monoisotopic (exact) mass is 466 g/mol. The Morgan fingerprint density at radius 3 is 2.33 bits per heavy atom. The molecule has 1 fully saturated rings. The summed E-state index contributed by atoms with van der Waals surface area (Å²) in [6.07, 6.45) is -7.48. The number of aliphatic hydroxyl groups is 4. The summed E-state index contributed by atoms with van der Waals surface area (Å²) in [6, 6.07) is 8.46. The lowest BCUT2D eigenvalue weighted by Gasteiger charge is -2.40. The number of methoxy groups -OCH3 is 2. The number of aliphatic hydroxyl groups excluding tert-OH is 4. The van der Waals surface area contributed by atoms with E-state index in [0.29, 0.717) is 5.56 Å². The zero-order valence-electron chi connectivity index (χ0n) is 18.0. The van der Waals surface area contributed by atoms with Gasteiger partial charge in [0.1, 0.15) is 31.0 Å². The zero-order chi connectivity index (χ0) is 24.1. The Balaban J connectivity index is 1.70. The first-order chi connectivity index (χ1) is 15.8. The van der Waals surface area contributed by atoms with Crippen molar-refractivity contribution in [1.82, 2.24) is 0 Å². The van der Waals surface area contributed by atoms with Crippen molar-refractivity contribution < 1.29 is 54.0 Å². The Morgan fingerprint density at radius 2 is 1.67 bits per heavy atom. The summed E-state index contributed by atoms with van der Waals surface area (Å²) in [7, 11) is 2.72. The van der Waals surface area contributed by atoms with Gasteiger partial charge in [0.25, 0.3) is 0 Å². The standard InChI is InChI=1S/C22H26O11/c1-29-15-8-12(4-5-13(15)24)21(28)31-10-17-18(25)19(26)20(27)22(33-17)32-14-6-3-11(9-23)7-16(14)30-2/h3-8,17-20,22-27H,9-10H2,1-2H3/t17-,18-,19+,20-,22-/m1/s1. The number of ether oxygens (including phenoxy) is 5. The maximum Gasteiger partial charge on any atom is 0.338 e. The Labute approximate surface area is 189 Å². The van der Waals surface area contributed by atoms with Crippen molar-refractivity contribution in [3.05, 3.63) is 47.5 Å². The van der Waals surface area contributed by atoms with E-state index in [0.717, 1.165) is 0 Å². The van der Waals surface area contributed by atoms with Crippen LogP contribution < -0.4 is 14.2 Å². The van der Waals surface area contributed by atoms with Gasteiger partial charge in [0, 0.05) is 0 Å². The van der Waals surface area contributed by atoms with Crippen molar-refractivity contribution in [2.24, 2.45) is 0 Å². The van der Waals surface area contributed by atoms with Gasteiger partial charge in [-0.25, -0.2) is 4.79 Å². The van der Waals surface area contributed by atoms with Crippen LogP contribution in [0.5, 0.6) is 23.0 Å². The third-order valence-electron chi connectivity index (χ3n) is 5.12. The van der Waals surface area contributed by atoms with Crippen molar-refractivity contribution in [2.45, 2.75) is 37.3 Å². The van der Waals surface area contributed by atoms with Gasteiger partial charge in [-0.2, -0.15) is 0 Å². The maximum absolute atomic E-state index is 12.4. The van der Waals surface area contributed by atoms with Gasteiger partial charge >= 0.3 is 5.97 Å². The molecule has 0 saturated carbocycles. The molecule has 1 aliphatic rings. The number of hydrogen-bond acceptors (Lipinski definition) is 11. The van der Waals surface area contributed by atoms with Crippen LogP contribution in [-0.2, 0) is 16.1 Å². The summed E-state index contributed by atoms with van der Waals surface area (Å²) in [6.45, 7) is -0.683. The first-order valence-corrected chi connectivity index (χ1v) is 9.97. The molecule has 0 spiro atoms. The summed E-state index contributed by atoms with van der Waals surface area (Å²) in [5.74, 6) is -0.453. The number of carbonyl (C=O) groups excluding carboxylic acids is 1. The highest BCUT2D eigenvalue weighted by atomic mass is 16.7. The highest BCUT2D eigenvalue weighted by molar-refractivity contribution is 5.90. The molecule has 11 nitrogen and oxygen atoms in total. The van der Waals surface area contributed by atoms with Crippen molar-refractivity contribution in [1.29, 1.82) is 0 Å². The second kappa shape index (κ2) is 10.7. The lowest BCUT2D eigenvalue weighted by Crippen LogP contribution is -2.60. The van der Waals surface area contributed by atoms with Crippen molar-refractivity contribution in [3.63, 3.8) is 0 Å². The smallest absolute Gasteiger partial charge is 0.338 e. The Kier molecular flexibility index (Phi) is 7.95. The topological polar surface area (TPSA) is 164 Å². The normalized spacial score (nSPS) is 24.7. The van der Waals surface area contributed by atoms with Gasteiger partial charge in [0.05, 0.1) is 26.4 Å². The Bertz CT molecular complexity index is 963. The van der Waals surface area contributed by atoms with E-state index in [1.165, 1.54) is 44.6 Å². The Morgan fingerprint density at radius 1 is 0.939 bits per heavy atom. The van der Waals surface area contributed by atoms with Crippen LogP contribution in [0.4, 0.5) is 0 Å². The maximum atomic E-state index is 12.4. The molecule has 11 heteroatoms. The fourth-order valence-electron chi connectivity index (χ4n) is 3.23. The highest BCUT2D eigenvalue weighted by Crippen LogP contribution is 2.32. The van der Waals surface area contributed by atoms with Crippen LogP contribution in [0.2, 0.25) is 0 Å². The largest absolute Gasteiger partial charge is 0.504 e. The minimum atomic E-state index is -1.65. The van der Waals surface area contributed by atoms with Gasteiger partial charge in [-0.3, -0.25) is 0 Å². The van der Waals surface area contributed by atoms with Gasteiger partial charge in [-0.05, 0) is 35.9 Å². The number of carbonyl (C=O) groups is 1. The van der Waals surface area contributed by atoms with E-state index in [4.69, 9.17) is 23.7 Å². The highest BCUT2D eigenvalue weighted by Gasteiger charge is 2.45. The zero-order valence-corrected chi connectivity index (χ0v) is 18.0. The number of esters is 1. The van der Waals surface area contributed by atoms with E-state index in [-0.39, 0.29) is 35.2 Å². The fraction of sp³-hybridized carbons (Fsp3) is 0.409. The number of rotatable bonds is 8. The van der Waals surface area contributed by atoms with Crippen LogP contribution in [0.1, 0.15) is 15.9 Å². The van der Waals surface area contributed by atoms with Crippen molar-refractivity contribution >= 4 is 5.97 Å². The second-order valence-electron chi connectivity index (χ2n) is 7.26. The number of phenolic OH excluding ortho intramolecular Hbond substituents is 1. The van der Waals surface area contributed by atoms with Gasteiger partial charge in [0.15, 0.2) is 23.0 Å². The molecule has 0 unspecified atom stereocenters. The average Bonchev–Trinajstić information content (AvgIpc) is 2.83. The van der Waals surface area contributed by atoms with Gasteiger partial charge in [-0.1, -0.05) is 6.07 Å². The minimum Gasteiger partial charge on any atom is -0.504 e. The van der Waals surface area contributed by atoms with Crippen LogP contribution >= 0.6 is 0 Å². The van der Waals surface area contributed by atoms with Crippen LogP contribution in [0.25, 0.3) is 0 Å². The lowest BCUT2D eigenvalue weighted by atomic mass is 9.99. The van der Waals surface area contributed by atoms with E-state index < -0.39 is 43.3 Å². The molecule has 0 amide bonds. The molecule has 5 N–H and O–H groups in total. The lowest BCUT2D eigenvalue weighted by molar-refractivity contribution is -0.277. The van der Waals surface area contributed by atoms with Crippen molar-refractivity contribution in [3.8, 4) is 23.0 Å². The predicted octanol–water partition coefficient (Wildman–Crippen LogP) is -0.0549. The number of phenols is 1. The molecular weight excluding hydrogens is 440 g/mol. The molecule has 0 radical (unpaired) electrons. The number of aromatic hydroxyl groups is 1. The predicted molar refractivity (Wildman–Crippen MR) is 111 cm³/mol. The van der Waals surface area contributed by atoms with E-state index >= 15 is 0 Å². The van der Waals surface area contributed by atoms with Gasteiger partial charge in [-0.15, -0.1) is 0 Å². The molecule has 0 aromatic heterocycles. The summed E-state index contributed by atoms with van der Waals surface area (Å²) in [5.41, 5.74) is 0.646. The van der Waals surface area contributed by atoms with Crippen LogP contribution in [-0.4, -0.2) is 83.0 Å². The molecule has 1 aliphatic heterocycles. The SMILES string of the molecule is COc1cc(C(=O)OC[C@H]2O[C@@H](Oc3ccc(CO)cc3OC)[C@H](O)[C@@H](O)[C@@H]2O)ccc1O. The number of benzene rings is 2. The molecule has 0 aliphatic carbocycles. The first-order valence-electron chi connectivity index (χ1n) is 9.97. The summed E-state index contributed by atoms with van der Waals surface area (Å²) in [4.78, 5) is 12.4. The molecule has 180 valence electrons. The molecule has 2 aromatic rings. The first kappa shape index (κ1) is 24.6. The molecule has 0 bridgehead atoms. The van der Waals surface area contributed by atoms with Crippen molar-refractivity contribution in [2.75, 3.05) is 20.8 Å². The van der Waals surface area contributed by atoms with Gasteiger partial charge in [0.2, 0.25) is 6.29 Å². The fourth-order valence-corrected chi connectivity index (χ4v) is 3.23. The molecule has 5 atom stereocenters. The number of hydrogen-bond donors (Lipinski definition) is 5. The Hall–Kier alpha value is -3.09. The summed E-state index contributed by atoms with van der Waals surface area (Å²) in [5, 5.41) is 49.7. The molecule has 1 heterocycles. The van der Waals surface area contributed by atoms with E-state index in [1.807, 2.05) is 0 Å².